The van der Waals surface area contributed by atoms with E-state index >= 15 is 0 Å². The van der Waals surface area contributed by atoms with Crippen LogP contribution in [0, 0.1) is 11.6 Å². The third-order valence-electron chi connectivity index (χ3n) is 5.54. The number of halogens is 5. The zero-order valence-electron chi connectivity index (χ0n) is 19.3. The Labute approximate surface area is 210 Å². The smallest absolute Gasteiger partial charge is 0.421 e. The molecule has 0 bridgehead atoms. The first-order valence-electron chi connectivity index (χ1n) is 10.9. The molecular weight excluding hydrogens is 511 g/mol. The summed E-state index contributed by atoms with van der Waals surface area (Å²) in [6.45, 7) is 0. The Morgan fingerprint density at radius 1 is 0.947 bits per heavy atom. The molecular formula is C26H15F5N4O3. The summed E-state index contributed by atoms with van der Waals surface area (Å²) in [5, 5.41) is -0.00386. The van der Waals surface area contributed by atoms with E-state index in [0.29, 0.717) is 6.07 Å². The highest BCUT2D eigenvalue weighted by molar-refractivity contribution is 5.83. The number of alkyl halides is 3. The molecule has 0 fully saturated rings. The molecule has 5 aromatic rings. The number of hydrogen-bond donors (Lipinski definition) is 0. The first-order valence-corrected chi connectivity index (χ1v) is 10.9. The molecule has 0 amide bonds. The van der Waals surface area contributed by atoms with Gasteiger partial charge in [0.2, 0.25) is 11.8 Å². The maximum atomic E-state index is 14.7. The summed E-state index contributed by atoms with van der Waals surface area (Å²) in [5.41, 5.74) is -1.20. The molecule has 0 saturated heterocycles. The number of ether oxygens (including phenoxy) is 2. The van der Waals surface area contributed by atoms with Crippen LogP contribution in [-0.2, 0) is 6.18 Å². The predicted octanol–water partition coefficient (Wildman–Crippen LogP) is 5.94. The van der Waals surface area contributed by atoms with Gasteiger partial charge in [0, 0.05) is 23.9 Å². The van der Waals surface area contributed by atoms with Crippen molar-refractivity contribution in [2.45, 2.75) is 6.18 Å². The van der Waals surface area contributed by atoms with Crippen LogP contribution < -0.4 is 15.0 Å². The third kappa shape index (κ3) is 4.63. The lowest BCUT2D eigenvalue weighted by molar-refractivity contribution is -0.138. The van der Waals surface area contributed by atoms with Crippen LogP contribution >= 0.6 is 0 Å². The normalized spacial score (nSPS) is 11.5. The van der Waals surface area contributed by atoms with Crippen molar-refractivity contribution in [2.75, 3.05) is 7.11 Å². The molecule has 12 heteroatoms. The lowest BCUT2D eigenvalue weighted by Crippen LogP contribution is -2.13. The van der Waals surface area contributed by atoms with Crippen LogP contribution in [-0.4, -0.2) is 26.6 Å². The van der Waals surface area contributed by atoms with E-state index in [2.05, 4.69) is 15.0 Å². The van der Waals surface area contributed by atoms with Gasteiger partial charge in [0.1, 0.15) is 35.0 Å². The lowest BCUT2D eigenvalue weighted by atomic mass is 10.1. The van der Waals surface area contributed by atoms with Gasteiger partial charge in [0.05, 0.1) is 23.7 Å². The van der Waals surface area contributed by atoms with Crippen LogP contribution in [0.2, 0.25) is 0 Å². The van der Waals surface area contributed by atoms with E-state index in [4.69, 9.17) is 9.47 Å². The van der Waals surface area contributed by atoms with Crippen LogP contribution in [0.15, 0.2) is 78.0 Å². The predicted molar refractivity (Wildman–Crippen MR) is 126 cm³/mol. The van der Waals surface area contributed by atoms with E-state index in [9.17, 15) is 26.7 Å². The third-order valence-corrected chi connectivity index (χ3v) is 5.54. The Morgan fingerprint density at radius 3 is 2.50 bits per heavy atom. The van der Waals surface area contributed by atoms with E-state index in [-0.39, 0.29) is 39.5 Å². The number of fused-ring (bicyclic) bond motifs is 1. The van der Waals surface area contributed by atoms with Crippen molar-refractivity contribution in [3.63, 3.8) is 0 Å². The topological polar surface area (TPSA) is 79.1 Å². The van der Waals surface area contributed by atoms with Crippen LogP contribution in [0.5, 0.6) is 17.5 Å². The fraction of sp³-hybridized carbons (Fsp3) is 0.0769. The van der Waals surface area contributed by atoms with Crippen molar-refractivity contribution in [1.29, 1.82) is 0 Å². The molecule has 192 valence electrons. The molecule has 0 aliphatic carbocycles. The monoisotopic (exact) mass is 526 g/mol. The molecule has 0 N–H and O–H groups in total. The highest BCUT2D eigenvalue weighted by atomic mass is 19.4. The zero-order valence-corrected chi connectivity index (χ0v) is 19.3. The second-order valence-corrected chi connectivity index (χ2v) is 7.90. The molecule has 38 heavy (non-hydrogen) atoms. The Hall–Kier alpha value is -4.87. The van der Waals surface area contributed by atoms with Crippen LogP contribution in [0.25, 0.3) is 27.8 Å². The number of aromatic nitrogens is 4. The molecule has 3 heterocycles. The van der Waals surface area contributed by atoms with Crippen LogP contribution in [0.1, 0.15) is 5.56 Å². The molecule has 0 atom stereocenters. The number of benzene rings is 2. The number of hydrogen-bond acceptors (Lipinski definition) is 6. The van der Waals surface area contributed by atoms with Crippen LogP contribution in [0.4, 0.5) is 22.0 Å². The molecule has 0 saturated carbocycles. The number of nitrogens with zero attached hydrogens (tertiary/aromatic N) is 4. The highest BCUT2D eigenvalue weighted by Gasteiger charge is 2.35. The van der Waals surface area contributed by atoms with Crippen molar-refractivity contribution >= 4 is 10.9 Å². The van der Waals surface area contributed by atoms with E-state index in [1.807, 2.05) is 0 Å². The summed E-state index contributed by atoms with van der Waals surface area (Å²) in [6, 6.07) is 12.0. The van der Waals surface area contributed by atoms with Gasteiger partial charge in [-0.25, -0.2) is 18.7 Å². The van der Waals surface area contributed by atoms with Gasteiger partial charge >= 0.3 is 6.18 Å². The van der Waals surface area contributed by atoms with Gasteiger partial charge in [-0.15, -0.1) is 0 Å². The van der Waals surface area contributed by atoms with E-state index in [1.54, 1.807) is 6.07 Å². The minimum absolute atomic E-state index is 0.00386. The van der Waals surface area contributed by atoms with Gasteiger partial charge < -0.3 is 9.47 Å². The average molecular weight is 526 g/mol. The van der Waals surface area contributed by atoms with Gasteiger partial charge in [-0.05, 0) is 48.5 Å². The molecule has 0 spiro atoms. The molecule has 5 rings (SSSR count). The zero-order chi connectivity index (χ0) is 27.0. The van der Waals surface area contributed by atoms with E-state index < -0.39 is 34.8 Å². The molecule has 0 radical (unpaired) electrons. The fourth-order valence-electron chi connectivity index (χ4n) is 3.82. The fourth-order valence-corrected chi connectivity index (χ4v) is 3.82. The molecule has 0 aliphatic rings. The molecule has 3 aromatic heterocycles. The van der Waals surface area contributed by atoms with Gasteiger partial charge in [0.25, 0.3) is 5.56 Å². The molecule has 2 aromatic carbocycles. The molecule has 0 unspecified atom stereocenters. The SMILES string of the molecule is COc1ccc(-n2cnc(=O)c3cc(Oc4ncccc4C(F)(F)F)ccc32)c(-c2ccc(F)cc2F)n1. The van der Waals surface area contributed by atoms with E-state index in [1.165, 1.54) is 48.3 Å². The van der Waals surface area contributed by atoms with Crippen molar-refractivity contribution in [1.82, 2.24) is 19.5 Å². The minimum atomic E-state index is -4.71. The van der Waals surface area contributed by atoms with Gasteiger partial charge in [-0.2, -0.15) is 18.2 Å². The van der Waals surface area contributed by atoms with Gasteiger partial charge in [-0.1, -0.05) is 0 Å². The van der Waals surface area contributed by atoms with Gasteiger partial charge in [0.15, 0.2) is 0 Å². The largest absolute Gasteiger partial charge is 0.481 e. The Bertz CT molecular complexity index is 1740. The summed E-state index contributed by atoms with van der Waals surface area (Å²) in [6.07, 6.45) is -2.37. The van der Waals surface area contributed by atoms with E-state index in [0.717, 1.165) is 24.4 Å². The van der Waals surface area contributed by atoms with Crippen LogP contribution in [0.3, 0.4) is 0 Å². The van der Waals surface area contributed by atoms with Crippen molar-refractivity contribution in [3.8, 4) is 34.5 Å². The first kappa shape index (κ1) is 24.8. The maximum absolute atomic E-state index is 14.7. The highest BCUT2D eigenvalue weighted by Crippen LogP contribution is 2.37. The number of methoxy groups -OCH3 is 1. The van der Waals surface area contributed by atoms with Crippen molar-refractivity contribution in [3.05, 3.63) is 101 Å². The minimum Gasteiger partial charge on any atom is -0.481 e. The molecule has 7 nitrogen and oxygen atoms in total. The van der Waals surface area contributed by atoms with Crippen molar-refractivity contribution in [2.24, 2.45) is 0 Å². The standard InChI is InChI=1S/C26H15F5N4O3/c1-37-22-9-8-21(23(34-22)16-6-4-14(27)11-19(16)28)35-13-33-24(36)17-12-15(5-7-20(17)35)38-25-18(26(29,30)31)3-2-10-32-25/h2-13H,1H3. The first-order chi connectivity index (χ1) is 18.2. The Morgan fingerprint density at radius 2 is 1.76 bits per heavy atom. The average Bonchev–Trinajstić information content (AvgIpc) is 2.89. The Kier molecular flexibility index (Phi) is 6.23. The second kappa shape index (κ2) is 9.54. The maximum Gasteiger partial charge on any atom is 0.421 e. The second-order valence-electron chi connectivity index (χ2n) is 7.90. The van der Waals surface area contributed by atoms with Crippen molar-refractivity contribution < 1.29 is 31.4 Å². The lowest BCUT2D eigenvalue weighted by Gasteiger charge is -2.16. The number of rotatable bonds is 5. The Balaban J connectivity index is 1.66. The quantitative estimate of drug-likeness (QED) is 0.264. The summed E-state index contributed by atoms with van der Waals surface area (Å²) in [7, 11) is 1.37. The summed E-state index contributed by atoms with van der Waals surface area (Å²) in [4.78, 5) is 24.4. The molecule has 0 aliphatic heterocycles. The number of pyridine rings is 2. The summed E-state index contributed by atoms with van der Waals surface area (Å²) < 4.78 is 80.3. The van der Waals surface area contributed by atoms with Gasteiger partial charge in [-0.3, -0.25) is 9.36 Å². The summed E-state index contributed by atoms with van der Waals surface area (Å²) >= 11 is 0. The summed E-state index contributed by atoms with van der Waals surface area (Å²) in [5.74, 6) is -2.28.